The first kappa shape index (κ1) is 10.1. The monoisotopic (exact) mass is 241 g/mol. The molecule has 2 heteroatoms. The lowest BCUT2D eigenvalue weighted by molar-refractivity contribution is 1.53. The van der Waals surface area contributed by atoms with Crippen LogP contribution in [0.3, 0.4) is 0 Å². The second kappa shape index (κ2) is 4.04. The summed E-state index contributed by atoms with van der Waals surface area (Å²) in [7, 11) is 1.37. The van der Waals surface area contributed by atoms with Crippen LogP contribution in [0.1, 0.15) is 0 Å². The van der Waals surface area contributed by atoms with Crippen molar-refractivity contribution >= 4 is 44.0 Å². The van der Waals surface area contributed by atoms with Crippen LogP contribution < -0.4 is 0 Å². The van der Waals surface area contributed by atoms with Crippen LogP contribution in [0, 0.1) is 0 Å². The van der Waals surface area contributed by atoms with Gasteiger partial charge in [0.05, 0.1) is 0 Å². The first-order chi connectivity index (χ1) is 7.86. The standard InChI is InChI=1S/C14H9S2/c15-16-14-6-5-12-7-10-3-1-2-4-11(10)8-13(12)9-14/h1-9H. The molecule has 1 radical (unpaired) electrons. The minimum absolute atomic E-state index is 1.14. The van der Waals surface area contributed by atoms with Crippen LogP contribution in [-0.2, 0) is 0 Å². The third kappa shape index (κ3) is 1.68. The van der Waals surface area contributed by atoms with Crippen molar-refractivity contribution in [1.29, 1.82) is 0 Å². The van der Waals surface area contributed by atoms with Gasteiger partial charge < -0.3 is 0 Å². The fourth-order valence-corrected chi connectivity index (χ4v) is 2.58. The summed E-state index contributed by atoms with van der Waals surface area (Å²) >= 11 is 4.99. The molecule has 0 heterocycles. The molecule has 0 nitrogen and oxygen atoms in total. The van der Waals surface area contributed by atoms with Gasteiger partial charge in [-0.2, -0.15) is 0 Å². The normalized spacial score (nSPS) is 11.1. The van der Waals surface area contributed by atoms with E-state index in [1.54, 1.807) is 0 Å². The molecular weight excluding hydrogens is 232 g/mol. The maximum Gasteiger partial charge on any atom is 0.0197 e. The van der Waals surface area contributed by atoms with Gasteiger partial charge in [-0.25, -0.2) is 0 Å². The fraction of sp³-hybridized carbons (Fsp3) is 0. The topological polar surface area (TPSA) is 0 Å². The van der Waals surface area contributed by atoms with Crippen molar-refractivity contribution in [2.45, 2.75) is 4.90 Å². The summed E-state index contributed by atoms with van der Waals surface area (Å²) in [5.74, 6) is 0. The predicted molar refractivity (Wildman–Crippen MR) is 74.9 cm³/mol. The predicted octanol–water partition coefficient (Wildman–Crippen LogP) is 5.20. The molecule has 0 atom stereocenters. The molecule has 0 saturated carbocycles. The van der Waals surface area contributed by atoms with E-state index < -0.39 is 0 Å². The average molecular weight is 241 g/mol. The van der Waals surface area contributed by atoms with Gasteiger partial charge in [-0.15, -0.1) is 0 Å². The second-order valence-electron chi connectivity index (χ2n) is 3.79. The summed E-state index contributed by atoms with van der Waals surface area (Å²) in [4.78, 5) is 1.14. The van der Waals surface area contributed by atoms with Crippen molar-refractivity contribution in [3.63, 3.8) is 0 Å². The zero-order valence-corrected chi connectivity index (χ0v) is 10.1. The first-order valence-electron chi connectivity index (χ1n) is 5.09. The lowest BCUT2D eigenvalue weighted by Gasteiger charge is -2.03. The van der Waals surface area contributed by atoms with Crippen LogP contribution >= 0.6 is 22.5 Å². The maximum absolute atomic E-state index is 4.99. The largest absolute Gasteiger partial charge is 0.0616 e. The molecule has 3 aromatic rings. The van der Waals surface area contributed by atoms with Gasteiger partial charge in [0.25, 0.3) is 0 Å². The van der Waals surface area contributed by atoms with Crippen LogP contribution in [0.25, 0.3) is 21.5 Å². The Kier molecular flexibility index (Phi) is 2.54. The van der Waals surface area contributed by atoms with Crippen molar-refractivity contribution in [3.8, 4) is 0 Å². The van der Waals surface area contributed by atoms with Gasteiger partial charge in [0.2, 0.25) is 0 Å². The highest BCUT2D eigenvalue weighted by molar-refractivity contribution is 8.68. The third-order valence-corrected chi connectivity index (χ3v) is 3.80. The van der Waals surface area contributed by atoms with Crippen molar-refractivity contribution in [3.05, 3.63) is 54.6 Å². The molecule has 0 saturated heterocycles. The van der Waals surface area contributed by atoms with E-state index >= 15 is 0 Å². The van der Waals surface area contributed by atoms with Gasteiger partial charge in [0.1, 0.15) is 0 Å². The molecule has 77 valence electrons. The number of hydrogen-bond donors (Lipinski definition) is 0. The molecule has 0 bridgehead atoms. The minimum Gasteiger partial charge on any atom is -0.0616 e. The zero-order chi connectivity index (χ0) is 11.0. The number of fused-ring (bicyclic) bond motifs is 2. The smallest absolute Gasteiger partial charge is 0.0197 e. The Labute approximate surface area is 103 Å². The van der Waals surface area contributed by atoms with E-state index in [0.29, 0.717) is 0 Å². The van der Waals surface area contributed by atoms with Crippen LogP contribution in [-0.4, -0.2) is 0 Å². The van der Waals surface area contributed by atoms with Crippen molar-refractivity contribution in [2.75, 3.05) is 0 Å². The molecule has 0 aromatic heterocycles. The zero-order valence-electron chi connectivity index (χ0n) is 8.51. The summed E-state index contributed by atoms with van der Waals surface area (Å²) in [5, 5.41) is 5.09. The van der Waals surface area contributed by atoms with E-state index in [4.69, 9.17) is 11.7 Å². The number of hydrogen-bond acceptors (Lipinski definition) is 1. The molecule has 0 aliphatic carbocycles. The molecule has 0 aliphatic heterocycles. The van der Waals surface area contributed by atoms with E-state index in [9.17, 15) is 0 Å². The highest BCUT2D eigenvalue weighted by Gasteiger charge is 1.99. The van der Waals surface area contributed by atoms with Gasteiger partial charge in [-0.05, 0) is 68.3 Å². The first-order valence-corrected chi connectivity index (χ1v) is 6.83. The summed E-state index contributed by atoms with van der Waals surface area (Å²) < 4.78 is 0. The van der Waals surface area contributed by atoms with Crippen LogP contribution in [0.15, 0.2) is 59.5 Å². The van der Waals surface area contributed by atoms with Gasteiger partial charge in [-0.1, -0.05) is 30.3 Å². The molecule has 0 unspecified atom stereocenters. The lowest BCUT2D eigenvalue weighted by Crippen LogP contribution is -1.76. The highest BCUT2D eigenvalue weighted by Crippen LogP contribution is 2.28. The van der Waals surface area contributed by atoms with E-state index in [2.05, 4.69) is 54.6 Å². The van der Waals surface area contributed by atoms with E-state index in [0.717, 1.165) is 4.90 Å². The minimum atomic E-state index is 1.14. The van der Waals surface area contributed by atoms with Crippen molar-refractivity contribution < 1.29 is 0 Å². The van der Waals surface area contributed by atoms with Gasteiger partial charge in [-0.3, -0.25) is 0 Å². The molecule has 16 heavy (non-hydrogen) atoms. The molecule has 0 amide bonds. The molecule has 0 spiro atoms. The Morgan fingerprint density at radius 1 is 0.688 bits per heavy atom. The Morgan fingerprint density at radius 3 is 2.00 bits per heavy atom. The number of benzene rings is 3. The fourth-order valence-electron chi connectivity index (χ4n) is 1.97. The SMILES string of the molecule is [S]Sc1ccc2cc3ccccc3cc2c1. The Morgan fingerprint density at radius 2 is 1.31 bits per heavy atom. The van der Waals surface area contributed by atoms with Gasteiger partial charge in [0, 0.05) is 4.90 Å². The summed E-state index contributed by atoms with van der Waals surface area (Å²) in [5.41, 5.74) is 0. The van der Waals surface area contributed by atoms with Gasteiger partial charge in [0.15, 0.2) is 0 Å². The maximum atomic E-state index is 4.99. The van der Waals surface area contributed by atoms with E-state index in [1.165, 1.54) is 32.3 Å². The van der Waals surface area contributed by atoms with Crippen molar-refractivity contribution in [2.24, 2.45) is 0 Å². The summed E-state index contributed by atoms with van der Waals surface area (Å²) in [6.45, 7) is 0. The highest BCUT2D eigenvalue weighted by atomic mass is 33.1. The quantitative estimate of drug-likeness (QED) is 0.417. The van der Waals surface area contributed by atoms with Crippen LogP contribution in [0.2, 0.25) is 0 Å². The Bertz CT molecular complexity index is 659. The summed E-state index contributed by atoms with van der Waals surface area (Å²) in [6.07, 6.45) is 0. The van der Waals surface area contributed by atoms with Gasteiger partial charge >= 0.3 is 0 Å². The molecule has 3 rings (SSSR count). The van der Waals surface area contributed by atoms with Crippen LogP contribution in [0.4, 0.5) is 0 Å². The molecule has 3 aromatic carbocycles. The average Bonchev–Trinajstić information content (AvgIpc) is 2.35. The van der Waals surface area contributed by atoms with E-state index in [-0.39, 0.29) is 0 Å². The second-order valence-corrected chi connectivity index (χ2v) is 4.93. The Hall–Kier alpha value is -1.12. The lowest BCUT2D eigenvalue weighted by atomic mass is 10.0. The van der Waals surface area contributed by atoms with Crippen molar-refractivity contribution in [1.82, 2.24) is 0 Å². The molecular formula is C14H9S2. The Balaban J connectivity index is 2.37. The molecule has 0 fully saturated rings. The van der Waals surface area contributed by atoms with Crippen LogP contribution in [0.5, 0.6) is 0 Å². The number of rotatable bonds is 1. The third-order valence-electron chi connectivity index (χ3n) is 2.77. The summed E-state index contributed by atoms with van der Waals surface area (Å²) in [6, 6.07) is 19.2. The molecule has 0 N–H and O–H groups in total. The van der Waals surface area contributed by atoms with E-state index in [1.807, 2.05) is 0 Å². The molecule has 0 aliphatic rings.